The number of para-hydroxylation sites is 1. The van der Waals surface area contributed by atoms with E-state index in [-0.39, 0.29) is 12.5 Å². The summed E-state index contributed by atoms with van der Waals surface area (Å²) in [6.45, 7) is 0.381. The zero-order chi connectivity index (χ0) is 15.5. The molecule has 0 saturated carbocycles. The molecule has 5 heteroatoms. The van der Waals surface area contributed by atoms with Crippen molar-refractivity contribution in [2.75, 3.05) is 18.1 Å². The molecular formula is C17H14BrNO3. The van der Waals surface area contributed by atoms with Crippen molar-refractivity contribution in [1.82, 2.24) is 0 Å². The van der Waals surface area contributed by atoms with Crippen molar-refractivity contribution in [3.8, 4) is 0 Å². The van der Waals surface area contributed by atoms with Crippen LogP contribution in [-0.4, -0.2) is 25.0 Å². The lowest BCUT2D eigenvalue weighted by Crippen LogP contribution is -2.33. The second kappa shape index (κ2) is 6.32. The fourth-order valence-electron chi connectivity index (χ4n) is 2.50. The highest BCUT2D eigenvalue weighted by Gasteiger charge is 2.24. The first-order valence-corrected chi connectivity index (χ1v) is 7.75. The van der Waals surface area contributed by atoms with Crippen LogP contribution in [0.4, 0.5) is 5.69 Å². The third-order valence-corrected chi connectivity index (χ3v) is 4.07. The van der Waals surface area contributed by atoms with Crippen LogP contribution in [0, 0.1) is 0 Å². The number of esters is 1. The number of amides is 1. The quantitative estimate of drug-likeness (QED) is 0.790. The van der Waals surface area contributed by atoms with Gasteiger partial charge in [-0.15, -0.1) is 0 Å². The molecule has 112 valence electrons. The Hall–Kier alpha value is -2.14. The summed E-state index contributed by atoms with van der Waals surface area (Å²) in [5, 5.41) is 0. The minimum absolute atomic E-state index is 0.201. The summed E-state index contributed by atoms with van der Waals surface area (Å²) in [4.78, 5) is 25.9. The number of carbonyl (C=O) groups excluding carboxylic acids is 2. The van der Waals surface area contributed by atoms with Gasteiger partial charge in [-0.1, -0.05) is 40.2 Å². The van der Waals surface area contributed by atoms with Crippen molar-refractivity contribution in [1.29, 1.82) is 0 Å². The molecule has 2 aromatic carbocycles. The minimum atomic E-state index is -0.498. The number of ether oxygens (including phenoxy) is 1. The van der Waals surface area contributed by atoms with Gasteiger partial charge in [0.2, 0.25) is 0 Å². The number of rotatable bonds is 3. The zero-order valence-electron chi connectivity index (χ0n) is 11.8. The van der Waals surface area contributed by atoms with Crippen LogP contribution in [0.1, 0.15) is 15.9 Å². The van der Waals surface area contributed by atoms with Crippen molar-refractivity contribution in [3.05, 3.63) is 64.1 Å². The Morgan fingerprint density at radius 3 is 2.77 bits per heavy atom. The summed E-state index contributed by atoms with van der Waals surface area (Å²) in [5.41, 5.74) is 2.48. The second-order valence-corrected chi connectivity index (χ2v) is 5.93. The number of hydrogen-bond acceptors (Lipinski definition) is 3. The third-order valence-electron chi connectivity index (χ3n) is 3.58. The molecule has 0 atom stereocenters. The topological polar surface area (TPSA) is 46.6 Å². The molecule has 0 aliphatic carbocycles. The SMILES string of the molecule is O=C(OCC(=O)N1CCc2ccccc21)c1cccc(Br)c1. The van der Waals surface area contributed by atoms with Gasteiger partial charge in [-0.2, -0.15) is 0 Å². The van der Waals surface area contributed by atoms with Gasteiger partial charge >= 0.3 is 5.97 Å². The summed E-state index contributed by atoms with van der Waals surface area (Å²) >= 11 is 3.30. The fraction of sp³-hybridized carbons (Fsp3) is 0.176. The molecular weight excluding hydrogens is 346 g/mol. The lowest BCUT2D eigenvalue weighted by molar-refractivity contribution is -0.121. The first-order chi connectivity index (χ1) is 10.6. The predicted molar refractivity (Wildman–Crippen MR) is 86.9 cm³/mol. The maximum atomic E-state index is 12.3. The number of carbonyl (C=O) groups is 2. The monoisotopic (exact) mass is 359 g/mol. The molecule has 3 rings (SSSR count). The van der Waals surface area contributed by atoms with Crippen molar-refractivity contribution < 1.29 is 14.3 Å². The molecule has 1 heterocycles. The molecule has 1 aliphatic rings. The summed E-state index contributed by atoms with van der Waals surface area (Å²) in [6, 6.07) is 14.7. The van der Waals surface area contributed by atoms with Crippen molar-refractivity contribution in [2.24, 2.45) is 0 Å². The summed E-state index contributed by atoms with van der Waals surface area (Å²) in [5.74, 6) is -0.699. The van der Waals surface area contributed by atoms with Gasteiger partial charge in [0.15, 0.2) is 6.61 Å². The van der Waals surface area contributed by atoms with E-state index in [9.17, 15) is 9.59 Å². The largest absolute Gasteiger partial charge is 0.452 e. The highest BCUT2D eigenvalue weighted by Crippen LogP contribution is 2.27. The molecule has 0 radical (unpaired) electrons. The molecule has 22 heavy (non-hydrogen) atoms. The standard InChI is InChI=1S/C17H14BrNO3/c18-14-6-3-5-13(10-14)17(21)22-11-16(20)19-9-8-12-4-1-2-7-15(12)19/h1-7,10H,8-9,11H2. The van der Waals surface area contributed by atoms with Crippen molar-refractivity contribution >= 4 is 33.5 Å². The molecule has 2 aromatic rings. The Morgan fingerprint density at radius 1 is 1.14 bits per heavy atom. The van der Waals surface area contributed by atoms with E-state index in [0.717, 1.165) is 22.1 Å². The molecule has 0 aromatic heterocycles. The minimum Gasteiger partial charge on any atom is -0.452 e. The predicted octanol–water partition coefficient (Wildman–Crippen LogP) is 3.20. The summed E-state index contributed by atoms with van der Waals surface area (Å²) < 4.78 is 5.91. The van der Waals surface area contributed by atoms with E-state index in [4.69, 9.17) is 4.74 Å². The van der Waals surface area contributed by atoms with Gasteiger partial charge in [0.05, 0.1) is 5.56 Å². The van der Waals surface area contributed by atoms with E-state index in [0.29, 0.717) is 12.1 Å². The van der Waals surface area contributed by atoms with Crippen LogP contribution in [-0.2, 0) is 16.0 Å². The van der Waals surface area contributed by atoms with Crippen molar-refractivity contribution in [2.45, 2.75) is 6.42 Å². The van der Waals surface area contributed by atoms with E-state index in [1.54, 1.807) is 23.1 Å². The fourth-order valence-corrected chi connectivity index (χ4v) is 2.90. The van der Waals surface area contributed by atoms with Crippen LogP contribution in [0.25, 0.3) is 0 Å². The van der Waals surface area contributed by atoms with Gasteiger partial charge in [0.1, 0.15) is 0 Å². The van der Waals surface area contributed by atoms with Gasteiger partial charge in [-0.3, -0.25) is 4.79 Å². The molecule has 1 aliphatic heterocycles. The molecule has 0 saturated heterocycles. The Morgan fingerprint density at radius 2 is 1.95 bits per heavy atom. The maximum absolute atomic E-state index is 12.3. The first-order valence-electron chi connectivity index (χ1n) is 6.96. The molecule has 4 nitrogen and oxygen atoms in total. The molecule has 0 unspecified atom stereocenters. The lowest BCUT2D eigenvalue weighted by atomic mass is 10.2. The summed E-state index contributed by atoms with van der Waals surface area (Å²) in [6.07, 6.45) is 0.835. The molecule has 0 bridgehead atoms. The molecule has 0 spiro atoms. The normalized spacial score (nSPS) is 12.9. The van der Waals surface area contributed by atoms with E-state index in [1.165, 1.54) is 0 Å². The van der Waals surface area contributed by atoms with E-state index in [2.05, 4.69) is 15.9 Å². The lowest BCUT2D eigenvalue weighted by Gasteiger charge is -2.17. The molecule has 0 N–H and O–H groups in total. The van der Waals surface area contributed by atoms with Gasteiger partial charge in [0.25, 0.3) is 5.91 Å². The Bertz CT molecular complexity index is 729. The Labute approximate surface area is 136 Å². The zero-order valence-corrected chi connectivity index (χ0v) is 13.4. The Kier molecular flexibility index (Phi) is 4.24. The van der Waals surface area contributed by atoms with Gasteiger partial charge in [0, 0.05) is 16.7 Å². The van der Waals surface area contributed by atoms with Crippen LogP contribution in [0.5, 0.6) is 0 Å². The molecule has 1 amide bonds. The number of nitrogens with zero attached hydrogens (tertiary/aromatic N) is 1. The van der Waals surface area contributed by atoms with E-state index >= 15 is 0 Å². The second-order valence-electron chi connectivity index (χ2n) is 5.01. The number of anilines is 1. The van der Waals surface area contributed by atoms with Gasteiger partial charge in [-0.25, -0.2) is 4.79 Å². The average Bonchev–Trinajstić information content (AvgIpc) is 2.96. The Balaban J connectivity index is 1.63. The number of halogens is 1. The van der Waals surface area contributed by atoms with Crippen molar-refractivity contribution in [3.63, 3.8) is 0 Å². The number of hydrogen-bond donors (Lipinski definition) is 0. The van der Waals surface area contributed by atoms with Crippen LogP contribution < -0.4 is 4.90 Å². The molecule has 0 fully saturated rings. The first kappa shape index (κ1) is 14.8. The maximum Gasteiger partial charge on any atom is 0.338 e. The van der Waals surface area contributed by atoms with Crippen LogP contribution in [0.15, 0.2) is 53.0 Å². The van der Waals surface area contributed by atoms with Gasteiger partial charge < -0.3 is 9.64 Å². The van der Waals surface area contributed by atoms with E-state index < -0.39 is 5.97 Å². The smallest absolute Gasteiger partial charge is 0.338 e. The number of benzene rings is 2. The van der Waals surface area contributed by atoms with Gasteiger partial charge in [-0.05, 0) is 36.2 Å². The van der Waals surface area contributed by atoms with Crippen LogP contribution in [0.2, 0.25) is 0 Å². The average molecular weight is 360 g/mol. The number of fused-ring (bicyclic) bond motifs is 1. The highest BCUT2D eigenvalue weighted by molar-refractivity contribution is 9.10. The van der Waals surface area contributed by atoms with E-state index in [1.807, 2.05) is 30.3 Å². The van der Waals surface area contributed by atoms with Crippen LogP contribution >= 0.6 is 15.9 Å². The summed E-state index contributed by atoms with van der Waals surface area (Å²) in [7, 11) is 0. The third kappa shape index (κ3) is 3.04. The highest BCUT2D eigenvalue weighted by atomic mass is 79.9. The van der Waals surface area contributed by atoms with Crippen LogP contribution in [0.3, 0.4) is 0 Å².